The van der Waals surface area contributed by atoms with Crippen molar-refractivity contribution in [2.24, 2.45) is 0 Å². The van der Waals surface area contributed by atoms with Crippen LogP contribution in [-0.2, 0) is 9.53 Å². The zero-order valence-electron chi connectivity index (χ0n) is 9.22. The van der Waals surface area contributed by atoms with Gasteiger partial charge in [-0.25, -0.2) is 4.79 Å². The van der Waals surface area contributed by atoms with Gasteiger partial charge in [0.25, 0.3) is 0 Å². The van der Waals surface area contributed by atoms with Gasteiger partial charge in [0.1, 0.15) is 6.61 Å². The van der Waals surface area contributed by atoms with Crippen LogP contribution >= 0.6 is 0 Å². The summed E-state index contributed by atoms with van der Waals surface area (Å²) in [5, 5.41) is 10.2. The molecule has 92 valence electrons. The normalized spacial score (nSPS) is 9.78. The van der Waals surface area contributed by atoms with Crippen LogP contribution in [0.25, 0.3) is 11.6 Å². The smallest absolute Gasteiger partial charge is 0.447 e. The molecule has 0 N–H and O–H groups in total. The predicted molar refractivity (Wildman–Crippen MR) is 62.1 cm³/mol. The first kappa shape index (κ1) is 13.3. The molecule has 18 heavy (non-hydrogen) atoms. The summed E-state index contributed by atoms with van der Waals surface area (Å²) in [6, 6.07) is 9.23. The van der Waals surface area contributed by atoms with Crippen molar-refractivity contribution < 1.29 is 19.2 Å². The van der Waals surface area contributed by atoms with Crippen molar-refractivity contribution in [3.63, 3.8) is 0 Å². The lowest BCUT2D eigenvalue weighted by atomic mass is 10.2. The number of benzene rings is 1. The Morgan fingerprint density at radius 3 is 2.67 bits per heavy atom. The Bertz CT molecular complexity index is 518. The number of esters is 1. The second-order valence-corrected chi connectivity index (χ2v) is 3.09. The highest BCUT2D eigenvalue weighted by Gasteiger charge is 2.36. The second kappa shape index (κ2) is 6.72. The van der Waals surface area contributed by atoms with Crippen LogP contribution in [0, 0.1) is 10.1 Å². The van der Waals surface area contributed by atoms with Crippen LogP contribution in [0.3, 0.4) is 0 Å². The van der Waals surface area contributed by atoms with Crippen molar-refractivity contribution in [1.29, 1.82) is 0 Å². The minimum atomic E-state index is -1.29. The highest BCUT2D eigenvalue weighted by Crippen LogP contribution is 2.00. The number of ether oxygens (including phenoxy) is 1. The Morgan fingerprint density at radius 1 is 1.44 bits per heavy atom. The molecular formula is C11H9N3O4. The van der Waals surface area contributed by atoms with Gasteiger partial charge in [-0.05, 0) is 11.6 Å². The molecule has 0 amide bonds. The molecule has 0 fully saturated rings. The highest BCUT2D eigenvalue weighted by atomic mass is 16.6. The first-order valence-corrected chi connectivity index (χ1v) is 4.90. The highest BCUT2D eigenvalue weighted by molar-refractivity contribution is 6.28. The average molecular weight is 247 g/mol. The predicted octanol–water partition coefficient (Wildman–Crippen LogP) is 1.15. The molecule has 0 aliphatic heterocycles. The van der Waals surface area contributed by atoms with E-state index >= 15 is 0 Å². The van der Waals surface area contributed by atoms with Crippen LogP contribution in [0.1, 0.15) is 5.56 Å². The molecule has 0 aromatic heterocycles. The first-order chi connectivity index (χ1) is 8.65. The Hall–Kier alpha value is -2.79. The third-order valence-corrected chi connectivity index (χ3v) is 1.87. The van der Waals surface area contributed by atoms with Gasteiger partial charge >= 0.3 is 11.8 Å². The molecule has 0 aliphatic carbocycles. The fourth-order valence-corrected chi connectivity index (χ4v) is 1.09. The van der Waals surface area contributed by atoms with Gasteiger partial charge in [0.05, 0.1) is 0 Å². The number of hydrogen-bond acceptors (Lipinski definition) is 4. The lowest BCUT2D eigenvalue weighted by Crippen LogP contribution is -2.26. The van der Waals surface area contributed by atoms with E-state index in [9.17, 15) is 14.9 Å². The Morgan fingerprint density at radius 2 is 2.11 bits per heavy atom. The summed E-state index contributed by atoms with van der Waals surface area (Å²) in [5.74, 6) is -2.54. The molecular weight excluding hydrogens is 238 g/mol. The minimum absolute atomic E-state index is 0.152. The van der Waals surface area contributed by atoms with E-state index in [2.05, 4.69) is 9.53 Å². The van der Waals surface area contributed by atoms with Gasteiger partial charge in [-0.15, -0.1) is 0 Å². The van der Waals surface area contributed by atoms with E-state index in [1.807, 2.05) is 30.3 Å². The lowest BCUT2D eigenvalue weighted by molar-refractivity contribution is -0.383. The summed E-state index contributed by atoms with van der Waals surface area (Å²) in [7, 11) is 0. The van der Waals surface area contributed by atoms with Gasteiger partial charge in [-0.2, -0.15) is 0 Å². The number of amidine groups is 1. The zero-order valence-corrected chi connectivity index (χ0v) is 9.22. The first-order valence-electron chi connectivity index (χ1n) is 4.90. The number of hydrogen-bond donors (Lipinski definition) is 0. The van der Waals surface area contributed by atoms with Crippen LogP contribution < -0.4 is 0 Å². The largest absolute Gasteiger partial charge is 0.690 e. The van der Waals surface area contributed by atoms with E-state index in [1.54, 1.807) is 6.08 Å². The van der Waals surface area contributed by atoms with Crippen molar-refractivity contribution in [1.82, 2.24) is 0 Å². The molecule has 0 bridgehead atoms. The number of carbonyl (C=O) groups excluding carboxylic acids is 1. The Kier molecular flexibility index (Phi) is 4.96. The van der Waals surface area contributed by atoms with Crippen LogP contribution in [-0.4, -0.2) is 28.1 Å². The molecule has 0 unspecified atom stereocenters. The van der Waals surface area contributed by atoms with Gasteiger partial charge in [0, 0.05) is 0 Å². The maximum atomic E-state index is 11.0. The van der Waals surface area contributed by atoms with Gasteiger partial charge < -0.3 is 10.3 Å². The molecule has 1 aromatic carbocycles. The standard InChI is InChI=1S/C11H9N3O4/c12-13-10(14(16)17)11(15)18-8-4-7-9-5-2-1-3-6-9/h1-7H,8H2/b7-4+. The summed E-state index contributed by atoms with van der Waals surface area (Å²) in [6.07, 6.45) is 3.21. The number of carbonyl (C=O) groups is 1. The van der Waals surface area contributed by atoms with Crippen LogP contribution in [0.4, 0.5) is 0 Å². The van der Waals surface area contributed by atoms with Crippen LogP contribution in [0.2, 0.25) is 0 Å². The van der Waals surface area contributed by atoms with Gasteiger partial charge in [-0.1, -0.05) is 41.2 Å². The van der Waals surface area contributed by atoms with Gasteiger partial charge in [-0.3, -0.25) is 10.1 Å². The fourth-order valence-electron chi connectivity index (χ4n) is 1.09. The number of nitrogens with zero attached hydrogens (tertiary/aromatic N) is 3. The number of nitro groups is 1. The SMILES string of the molecule is [N-]=[N+]=C(C(=O)OC/C=C/c1ccccc1)[N+](=O)[O-]. The van der Waals surface area contributed by atoms with Crippen molar-refractivity contribution in [3.05, 3.63) is 57.6 Å². The van der Waals surface area contributed by atoms with Crippen molar-refractivity contribution >= 4 is 17.9 Å². The second-order valence-electron chi connectivity index (χ2n) is 3.09. The molecule has 0 saturated heterocycles. The summed E-state index contributed by atoms with van der Waals surface area (Å²) in [6.45, 7) is -0.152. The quantitative estimate of drug-likeness (QED) is 0.152. The summed E-state index contributed by atoms with van der Waals surface area (Å²) >= 11 is 0. The van der Waals surface area contributed by atoms with Crippen LogP contribution in [0.5, 0.6) is 0 Å². The topological polar surface area (TPSA) is 106 Å². The van der Waals surface area contributed by atoms with E-state index < -0.39 is 16.7 Å². The maximum Gasteiger partial charge on any atom is 0.690 e. The summed E-state index contributed by atoms with van der Waals surface area (Å²) < 4.78 is 4.52. The van der Waals surface area contributed by atoms with E-state index in [1.165, 1.54) is 6.08 Å². The molecule has 0 aliphatic rings. The molecule has 1 rings (SSSR count). The molecule has 0 atom stereocenters. The molecule has 0 heterocycles. The van der Waals surface area contributed by atoms with Crippen molar-refractivity contribution in [3.8, 4) is 0 Å². The third-order valence-electron chi connectivity index (χ3n) is 1.87. The molecule has 0 radical (unpaired) electrons. The third kappa shape index (κ3) is 3.99. The maximum absolute atomic E-state index is 11.0. The molecule has 7 heteroatoms. The van der Waals surface area contributed by atoms with E-state index in [4.69, 9.17) is 5.53 Å². The lowest BCUT2D eigenvalue weighted by Gasteiger charge is -1.94. The zero-order chi connectivity index (χ0) is 13.4. The van der Waals surface area contributed by atoms with Crippen molar-refractivity contribution in [2.75, 3.05) is 6.61 Å². The monoisotopic (exact) mass is 247 g/mol. The minimum Gasteiger partial charge on any atom is -0.447 e. The molecule has 7 nitrogen and oxygen atoms in total. The van der Waals surface area contributed by atoms with Gasteiger partial charge in [0.2, 0.25) is 0 Å². The van der Waals surface area contributed by atoms with E-state index in [0.29, 0.717) is 0 Å². The van der Waals surface area contributed by atoms with Gasteiger partial charge in [0.15, 0.2) is 4.92 Å². The van der Waals surface area contributed by atoms with E-state index in [0.717, 1.165) is 5.56 Å². The van der Waals surface area contributed by atoms with Crippen LogP contribution in [0.15, 0.2) is 36.4 Å². The summed E-state index contributed by atoms with van der Waals surface area (Å²) in [5.41, 5.74) is 9.13. The molecule has 0 saturated carbocycles. The Labute approximate surface area is 102 Å². The van der Waals surface area contributed by atoms with Crippen molar-refractivity contribution in [2.45, 2.75) is 0 Å². The fraction of sp³-hybridized carbons (Fsp3) is 0.0909. The summed E-state index contributed by atoms with van der Waals surface area (Å²) in [4.78, 5) is 22.4. The average Bonchev–Trinajstić information content (AvgIpc) is 2.36. The molecule has 1 aromatic rings. The van der Waals surface area contributed by atoms with E-state index in [-0.39, 0.29) is 6.61 Å². The number of rotatable bonds is 3. The molecule has 0 spiro atoms. The Balaban J connectivity index is 2.48.